The summed E-state index contributed by atoms with van der Waals surface area (Å²) in [6.07, 6.45) is 5.62. The van der Waals surface area contributed by atoms with Crippen molar-refractivity contribution in [2.45, 2.75) is 50.8 Å². The Hall–Kier alpha value is -0.170. The highest BCUT2D eigenvalue weighted by atomic mass is 32.2. The first-order valence-electron chi connectivity index (χ1n) is 7.76. The molecule has 2 aliphatic rings. The minimum absolute atomic E-state index is 0.123. The number of ether oxygens (including phenoxy) is 1. The molecule has 0 spiro atoms. The maximum Gasteiger partial charge on any atom is 0.147 e. The molecular weight excluding hydrogens is 276 g/mol. The van der Waals surface area contributed by atoms with E-state index in [2.05, 4.69) is 17.1 Å². The first-order valence-corrected chi connectivity index (χ1v) is 9.82. The van der Waals surface area contributed by atoms with Gasteiger partial charge in [-0.15, -0.1) is 0 Å². The summed E-state index contributed by atoms with van der Waals surface area (Å²) in [7, 11) is -2.91. The Kier molecular flexibility index (Phi) is 5.84. The van der Waals surface area contributed by atoms with Crippen molar-refractivity contribution in [2.75, 3.05) is 38.2 Å². The van der Waals surface area contributed by atoms with Gasteiger partial charge in [0.2, 0.25) is 0 Å². The third-order valence-electron chi connectivity index (χ3n) is 4.32. The van der Waals surface area contributed by atoms with E-state index >= 15 is 0 Å². The van der Waals surface area contributed by atoms with Gasteiger partial charge in [-0.25, -0.2) is 8.42 Å². The summed E-state index contributed by atoms with van der Waals surface area (Å²) < 4.78 is 28.8. The lowest BCUT2D eigenvalue weighted by Crippen LogP contribution is -2.54. The fourth-order valence-electron chi connectivity index (χ4n) is 3.18. The lowest BCUT2D eigenvalue weighted by Gasteiger charge is -2.39. The van der Waals surface area contributed by atoms with Crippen LogP contribution in [0.25, 0.3) is 0 Å². The van der Waals surface area contributed by atoms with Crippen LogP contribution in [0.3, 0.4) is 0 Å². The van der Waals surface area contributed by atoms with E-state index < -0.39 is 9.84 Å². The van der Waals surface area contributed by atoms with Gasteiger partial charge < -0.3 is 10.1 Å². The Morgan fingerprint density at radius 1 is 1.45 bits per heavy atom. The average molecular weight is 304 g/mol. The van der Waals surface area contributed by atoms with Crippen LogP contribution < -0.4 is 5.32 Å². The van der Waals surface area contributed by atoms with Gasteiger partial charge in [-0.1, -0.05) is 6.92 Å². The topological polar surface area (TPSA) is 58.6 Å². The van der Waals surface area contributed by atoms with Gasteiger partial charge in [0.25, 0.3) is 0 Å². The lowest BCUT2D eigenvalue weighted by molar-refractivity contribution is -0.0647. The number of rotatable bonds is 7. The van der Waals surface area contributed by atoms with Crippen molar-refractivity contribution in [2.24, 2.45) is 0 Å². The predicted molar refractivity (Wildman–Crippen MR) is 80.7 cm³/mol. The van der Waals surface area contributed by atoms with E-state index in [1.807, 2.05) is 0 Å². The van der Waals surface area contributed by atoms with Crippen LogP contribution in [0, 0.1) is 0 Å². The molecule has 0 aliphatic carbocycles. The Bertz CT molecular complexity index is 399. The molecule has 20 heavy (non-hydrogen) atoms. The number of hydrogen-bond acceptors (Lipinski definition) is 5. The van der Waals surface area contributed by atoms with Gasteiger partial charge in [-0.2, -0.15) is 0 Å². The van der Waals surface area contributed by atoms with Crippen LogP contribution in [-0.2, 0) is 14.6 Å². The number of sulfone groups is 1. The first-order chi connectivity index (χ1) is 9.49. The molecule has 3 atom stereocenters. The molecule has 2 rings (SSSR count). The van der Waals surface area contributed by atoms with E-state index in [0.29, 0.717) is 12.5 Å². The Balaban J connectivity index is 1.91. The average Bonchev–Trinajstić information content (AvgIpc) is 2.85. The molecule has 6 heteroatoms. The molecule has 0 radical (unpaired) electrons. The van der Waals surface area contributed by atoms with Crippen LogP contribution in [0.4, 0.5) is 0 Å². The van der Waals surface area contributed by atoms with E-state index in [1.165, 1.54) is 19.1 Å². The van der Waals surface area contributed by atoms with Crippen molar-refractivity contribution in [3.8, 4) is 0 Å². The normalized spacial score (nSPS) is 29.3. The summed E-state index contributed by atoms with van der Waals surface area (Å²) in [5.41, 5.74) is 0. The molecule has 0 saturated carbocycles. The van der Waals surface area contributed by atoms with Gasteiger partial charge in [-0.3, -0.25) is 4.90 Å². The Morgan fingerprint density at radius 2 is 2.25 bits per heavy atom. The molecule has 1 N–H and O–H groups in total. The molecule has 0 aromatic rings. The largest absolute Gasteiger partial charge is 0.374 e. The zero-order chi connectivity index (χ0) is 14.6. The summed E-state index contributed by atoms with van der Waals surface area (Å²) in [5, 5.41) is 3.48. The summed E-state index contributed by atoms with van der Waals surface area (Å²) in [6, 6.07) is 0.735. The molecule has 5 nitrogen and oxygen atoms in total. The van der Waals surface area contributed by atoms with Crippen molar-refractivity contribution >= 4 is 9.84 Å². The van der Waals surface area contributed by atoms with Crippen LogP contribution in [0.1, 0.15) is 32.6 Å². The number of fused-ring (bicyclic) bond motifs is 1. The molecule has 0 amide bonds. The van der Waals surface area contributed by atoms with Gasteiger partial charge in [-0.05, 0) is 38.8 Å². The maximum atomic E-state index is 11.4. The smallest absolute Gasteiger partial charge is 0.147 e. The zero-order valence-corrected chi connectivity index (χ0v) is 13.5. The molecule has 2 heterocycles. The number of hydrogen-bond donors (Lipinski definition) is 1. The van der Waals surface area contributed by atoms with Gasteiger partial charge >= 0.3 is 0 Å². The first kappa shape index (κ1) is 16.2. The summed E-state index contributed by atoms with van der Waals surface area (Å²) in [4.78, 5) is 2.51. The van der Waals surface area contributed by atoms with Crippen LogP contribution >= 0.6 is 0 Å². The number of morpholine rings is 1. The monoisotopic (exact) mass is 304 g/mol. The predicted octanol–water partition coefficient (Wildman–Crippen LogP) is 0.653. The van der Waals surface area contributed by atoms with Crippen LogP contribution in [-0.4, -0.2) is 69.8 Å². The van der Waals surface area contributed by atoms with Crippen molar-refractivity contribution in [1.82, 2.24) is 10.2 Å². The van der Waals surface area contributed by atoms with E-state index in [9.17, 15) is 8.42 Å². The fourth-order valence-corrected chi connectivity index (χ4v) is 3.86. The third-order valence-corrected chi connectivity index (χ3v) is 5.30. The maximum absolute atomic E-state index is 11.4. The van der Waals surface area contributed by atoms with Crippen molar-refractivity contribution < 1.29 is 13.2 Å². The van der Waals surface area contributed by atoms with Crippen molar-refractivity contribution in [3.05, 3.63) is 0 Å². The molecule has 0 aromatic carbocycles. The van der Waals surface area contributed by atoms with Gasteiger partial charge in [0.15, 0.2) is 0 Å². The summed E-state index contributed by atoms with van der Waals surface area (Å²) in [5.74, 6) is 0.234. The Morgan fingerprint density at radius 3 is 2.95 bits per heavy atom. The van der Waals surface area contributed by atoms with Crippen LogP contribution in [0.15, 0.2) is 0 Å². The van der Waals surface area contributed by atoms with E-state index in [1.54, 1.807) is 0 Å². The quantitative estimate of drug-likeness (QED) is 0.748. The third kappa shape index (κ3) is 4.69. The minimum atomic E-state index is -2.91. The highest BCUT2D eigenvalue weighted by molar-refractivity contribution is 7.90. The molecular formula is C14H28N2O3S. The molecule has 2 fully saturated rings. The van der Waals surface area contributed by atoms with Gasteiger partial charge in [0, 0.05) is 24.9 Å². The Labute approximate surface area is 123 Å². The highest BCUT2D eigenvalue weighted by Crippen LogP contribution is 2.24. The fraction of sp³-hybridized carbons (Fsp3) is 1.00. The second-order valence-corrected chi connectivity index (χ2v) is 8.40. The van der Waals surface area contributed by atoms with Crippen molar-refractivity contribution in [3.63, 3.8) is 0 Å². The molecule has 0 aromatic heterocycles. The SMILES string of the molecule is CCCNC(CCS(C)(=O)=O)C1CN2CCCC2CO1. The van der Waals surface area contributed by atoms with Crippen molar-refractivity contribution in [1.29, 1.82) is 0 Å². The zero-order valence-electron chi connectivity index (χ0n) is 12.7. The highest BCUT2D eigenvalue weighted by Gasteiger charge is 2.35. The minimum Gasteiger partial charge on any atom is -0.374 e. The van der Waals surface area contributed by atoms with E-state index in [-0.39, 0.29) is 17.9 Å². The molecule has 2 saturated heterocycles. The summed E-state index contributed by atoms with van der Waals surface area (Å²) in [6.45, 7) is 5.94. The van der Waals surface area contributed by atoms with E-state index in [0.717, 1.165) is 32.7 Å². The van der Waals surface area contributed by atoms with Gasteiger partial charge in [0.05, 0.1) is 18.5 Å². The number of nitrogens with zero attached hydrogens (tertiary/aromatic N) is 1. The molecule has 118 valence electrons. The molecule has 2 aliphatic heterocycles. The lowest BCUT2D eigenvalue weighted by atomic mass is 10.0. The van der Waals surface area contributed by atoms with Crippen LogP contribution in [0.5, 0.6) is 0 Å². The summed E-state index contributed by atoms with van der Waals surface area (Å²) >= 11 is 0. The van der Waals surface area contributed by atoms with E-state index in [4.69, 9.17) is 4.74 Å². The van der Waals surface area contributed by atoms with Crippen LogP contribution in [0.2, 0.25) is 0 Å². The molecule has 0 bridgehead atoms. The molecule has 3 unspecified atom stereocenters. The standard InChI is InChI=1S/C14H28N2O3S/c1-3-7-15-13(6-9-20(2,17)18)14-10-16-8-4-5-12(16)11-19-14/h12-15H,3-11H2,1-2H3. The number of nitrogens with one attached hydrogen (secondary N) is 1. The second kappa shape index (κ2) is 7.20. The second-order valence-electron chi connectivity index (χ2n) is 6.14. The van der Waals surface area contributed by atoms with Gasteiger partial charge in [0.1, 0.15) is 9.84 Å².